The summed E-state index contributed by atoms with van der Waals surface area (Å²) in [4.78, 5) is 29.2. The first-order valence-electron chi connectivity index (χ1n) is 9.31. The highest BCUT2D eigenvalue weighted by Crippen LogP contribution is 2.21. The Labute approximate surface area is 176 Å². The van der Waals surface area contributed by atoms with Gasteiger partial charge in [0.2, 0.25) is 0 Å². The van der Waals surface area contributed by atoms with Gasteiger partial charge in [-0.05, 0) is 74.9 Å². The van der Waals surface area contributed by atoms with Gasteiger partial charge in [-0.3, -0.25) is 14.6 Å². The lowest BCUT2D eigenvalue weighted by atomic mass is 10.0. The molecule has 29 heavy (non-hydrogen) atoms. The molecule has 0 aliphatic rings. The first-order chi connectivity index (χ1) is 13.8. The molecule has 0 aromatic heterocycles. The van der Waals surface area contributed by atoms with Gasteiger partial charge in [-0.1, -0.05) is 24.6 Å². The van der Waals surface area contributed by atoms with E-state index in [2.05, 4.69) is 10.3 Å². The maximum Gasteiger partial charge on any atom is 0.269 e. The number of benzene rings is 2. The van der Waals surface area contributed by atoms with Crippen LogP contribution in [0.3, 0.4) is 0 Å². The summed E-state index contributed by atoms with van der Waals surface area (Å²) in [5.41, 5.74) is -0.0566. The Morgan fingerprint density at radius 1 is 1.07 bits per heavy atom. The standard InChI is InChI=1S/C23H25ClN2O3/c1-5-6-7-20(25-4)26-22(28)23(2,3)29-19-14-10-17(11-15-19)21(27)16-8-12-18(24)13-9-16/h6-15H,5H2,1-4H3,(H,25,26,28)/b7-6-. The zero-order valence-corrected chi connectivity index (χ0v) is 17.8. The van der Waals surface area contributed by atoms with Crippen molar-refractivity contribution in [3.05, 3.63) is 76.8 Å². The summed E-state index contributed by atoms with van der Waals surface area (Å²) >= 11 is 5.86. The lowest BCUT2D eigenvalue weighted by Gasteiger charge is -2.25. The van der Waals surface area contributed by atoms with Crippen LogP contribution in [0.2, 0.25) is 5.02 Å². The zero-order chi connectivity index (χ0) is 21.4. The van der Waals surface area contributed by atoms with Crippen LogP contribution in [0.1, 0.15) is 43.1 Å². The van der Waals surface area contributed by atoms with E-state index in [1.807, 2.05) is 13.0 Å². The van der Waals surface area contributed by atoms with Crippen LogP contribution in [0.5, 0.6) is 5.75 Å². The van der Waals surface area contributed by atoms with Crippen molar-refractivity contribution in [2.45, 2.75) is 32.8 Å². The number of halogens is 1. The van der Waals surface area contributed by atoms with Gasteiger partial charge in [0, 0.05) is 23.2 Å². The molecule has 0 spiro atoms. The fraction of sp³-hybridized carbons (Fsp3) is 0.261. The van der Waals surface area contributed by atoms with Gasteiger partial charge in [0.1, 0.15) is 11.6 Å². The number of amides is 1. The molecule has 152 valence electrons. The Morgan fingerprint density at radius 3 is 2.14 bits per heavy atom. The Kier molecular flexibility index (Phi) is 7.74. The molecule has 0 aliphatic carbocycles. The molecule has 0 bridgehead atoms. The molecule has 0 fully saturated rings. The Morgan fingerprint density at radius 2 is 1.62 bits per heavy atom. The smallest absolute Gasteiger partial charge is 0.269 e. The Hall–Kier alpha value is -2.92. The normalized spacial score (nSPS) is 12.1. The molecule has 0 heterocycles. The highest BCUT2D eigenvalue weighted by atomic mass is 35.5. The molecule has 2 rings (SSSR count). The van der Waals surface area contributed by atoms with Gasteiger partial charge in [-0.15, -0.1) is 0 Å². The van der Waals surface area contributed by atoms with Gasteiger partial charge >= 0.3 is 0 Å². The van der Waals surface area contributed by atoms with Crippen LogP contribution < -0.4 is 10.1 Å². The van der Waals surface area contributed by atoms with Gasteiger partial charge in [0.05, 0.1) is 0 Å². The quantitative estimate of drug-likeness (QED) is 0.402. The molecule has 0 unspecified atom stereocenters. The van der Waals surface area contributed by atoms with E-state index >= 15 is 0 Å². The van der Waals surface area contributed by atoms with E-state index in [1.165, 1.54) is 0 Å². The third-order valence-electron chi connectivity index (χ3n) is 4.14. The monoisotopic (exact) mass is 412 g/mol. The summed E-state index contributed by atoms with van der Waals surface area (Å²) in [6.07, 6.45) is 4.51. The molecular formula is C23H25ClN2O3. The van der Waals surface area contributed by atoms with Crippen molar-refractivity contribution in [1.29, 1.82) is 0 Å². The predicted octanol–water partition coefficient (Wildman–Crippen LogP) is 4.84. The molecule has 0 atom stereocenters. The number of carbonyl (C=O) groups is 2. The second-order valence-corrected chi connectivity index (χ2v) is 7.28. The van der Waals surface area contributed by atoms with Crippen molar-refractivity contribution in [2.24, 2.45) is 4.99 Å². The third kappa shape index (κ3) is 6.29. The topological polar surface area (TPSA) is 67.8 Å². The number of amidine groups is 1. The minimum atomic E-state index is -1.13. The van der Waals surface area contributed by atoms with Crippen molar-refractivity contribution in [2.75, 3.05) is 7.05 Å². The zero-order valence-electron chi connectivity index (χ0n) is 17.0. The summed E-state index contributed by atoms with van der Waals surface area (Å²) in [6.45, 7) is 5.35. The molecule has 5 nitrogen and oxygen atoms in total. The van der Waals surface area contributed by atoms with E-state index in [4.69, 9.17) is 16.3 Å². The lowest BCUT2D eigenvalue weighted by molar-refractivity contribution is -0.132. The largest absolute Gasteiger partial charge is 0.478 e. The molecule has 2 aromatic rings. The van der Waals surface area contributed by atoms with Crippen LogP contribution in [0, 0.1) is 0 Å². The fourth-order valence-corrected chi connectivity index (χ4v) is 2.58. The van der Waals surface area contributed by atoms with Crippen LogP contribution in [-0.4, -0.2) is 30.2 Å². The van der Waals surface area contributed by atoms with Gasteiger partial charge in [0.25, 0.3) is 5.91 Å². The van der Waals surface area contributed by atoms with Crippen LogP contribution >= 0.6 is 11.6 Å². The fourth-order valence-electron chi connectivity index (χ4n) is 2.45. The molecule has 6 heteroatoms. The molecule has 0 saturated heterocycles. The number of nitrogens with zero attached hydrogens (tertiary/aromatic N) is 1. The van der Waals surface area contributed by atoms with E-state index in [9.17, 15) is 9.59 Å². The van der Waals surface area contributed by atoms with Crippen molar-refractivity contribution in [1.82, 2.24) is 5.32 Å². The van der Waals surface area contributed by atoms with Crippen LogP contribution in [0.4, 0.5) is 0 Å². The Bertz CT molecular complexity index is 914. The minimum Gasteiger partial charge on any atom is -0.478 e. The SMILES string of the molecule is CC/C=C\C(=NC)NC(=O)C(C)(C)Oc1ccc(C(=O)c2ccc(Cl)cc2)cc1. The molecule has 1 N–H and O–H groups in total. The first kappa shape index (κ1) is 22.4. The maximum atomic E-state index is 12.6. The molecule has 1 amide bonds. The average molecular weight is 413 g/mol. The lowest BCUT2D eigenvalue weighted by Crippen LogP contribution is -2.48. The van der Waals surface area contributed by atoms with Gasteiger partial charge in [0.15, 0.2) is 11.4 Å². The molecule has 0 saturated carbocycles. The van der Waals surface area contributed by atoms with E-state index in [0.29, 0.717) is 27.7 Å². The van der Waals surface area contributed by atoms with Crippen molar-refractivity contribution >= 4 is 29.1 Å². The minimum absolute atomic E-state index is 0.114. The summed E-state index contributed by atoms with van der Waals surface area (Å²) in [5.74, 6) is 0.520. The number of hydrogen-bond donors (Lipinski definition) is 1. The average Bonchev–Trinajstić information content (AvgIpc) is 2.71. The van der Waals surface area contributed by atoms with Gasteiger partial charge < -0.3 is 10.1 Å². The maximum absolute atomic E-state index is 12.6. The van der Waals surface area contributed by atoms with Gasteiger partial charge in [-0.25, -0.2) is 0 Å². The summed E-state index contributed by atoms with van der Waals surface area (Å²) in [7, 11) is 1.61. The molecular weight excluding hydrogens is 388 g/mol. The molecule has 0 aliphatic heterocycles. The van der Waals surface area contributed by atoms with E-state index in [0.717, 1.165) is 6.42 Å². The Balaban J connectivity index is 2.07. The second-order valence-electron chi connectivity index (χ2n) is 6.85. The number of carbonyl (C=O) groups excluding carboxylic acids is 2. The van der Waals surface area contributed by atoms with Crippen LogP contribution in [0.15, 0.2) is 65.7 Å². The van der Waals surface area contributed by atoms with Crippen molar-refractivity contribution in [3.63, 3.8) is 0 Å². The van der Waals surface area contributed by atoms with Crippen LogP contribution in [0.25, 0.3) is 0 Å². The number of ketones is 1. The number of ether oxygens (including phenoxy) is 1. The number of rotatable bonds is 7. The van der Waals surface area contributed by atoms with Crippen molar-refractivity contribution < 1.29 is 14.3 Å². The van der Waals surface area contributed by atoms with Gasteiger partial charge in [-0.2, -0.15) is 0 Å². The van der Waals surface area contributed by atoms with Crippen molar-refractivity contribution in [3.8, 4) is 5.75 Å². The molecule has 0 radical (unpaired) electrons. The predicted molar refractivity (Wildman–Crippen MR) is 117 cm³/mol. The summed E-state index contributed by atoms with van der Waals surface area (Å²) < 4.78 is 5.85. The summed E-state index contributed by atoms with van der Waals surface area (Å²) in [5, 5.41) is 3.33. The van der Waals surface area contributed by atoms with Crippen LogP contribution in [-0.2, 0) is 4.79 Å². The van der Waals surface area contributed by atoms with E-state index < -0.39 is 5.60 Å². The molecule has 2 aromatic carbocycles. The first-order valence-corrected chi connectivity index (χ1v) is 9.68. The second kappa shape index (κ2) is 10.0. The van der Waals surface area contributed by atoms with E-state index in [1.54, 1.807) is 75.5 Å². The number of nitrogens with one attached hydrogen (secondary N) is 1. The third-order valence-corrected chi connectivity index (χ3v) is 4.39. The number of allylic oxidation sites excluding steroid dienone is 1. The summed E-state index contributed by atoms with van der Waals surface area (Å²) in [6, 6.07) is 13.4. The highest BCUT2D eigenvalue weighted by molar-refractivity contribution is 6.30. The number of hydrogen-bond acceptors (Lipinski definition) is 4. The van der Waals surface area contributed by atoms with E-state index in [-0.39, 0.29) is 11.7 Å². The number of aliphatic imine (C=N–C) groups is 1. The highest BCUT2D eigenvalue weighted by Gasteiger charge is 2.30.